The Balaban J connectivity index is 0.00000240. The van der Waals surface area contributed by atoms with Crippen LogP contribution in [0.2, 0.25) is 0 Å². The van der Waals surface area contributed by atoms with E-state index in [4.69, 9.17) is 4.74 Å². The van der Waals surface area contributed by atoms with Crippen molar-refractivity contribution in [3.63, 3.8) is 0 Å². The molecule has 0 fully saturated rings. The fourth-order valence-corrected chi connectivity index (χ4v) is 3.29. The van der Waals surface area contributed by atoms with E-state index in [-0.39, 0.29) is 18.2 Å². The third kappa shape index (κ3) is 5.59. The van der Waals surface area contributed by atoms with E-state index in [9.17, 15) is 4.39 Å². The number of nitrogens with one attached hydrogen (secondary N) is 2. The van der Waals surface area contributed by atoms with Crippen LogP contribution in [0.5, 0.6) is 5.75 Å². The zero-order valence-electron chi connectivity index (χ0n) is 16.0. The summed E-state index contributed by atoms with van der Waals surface area (Å²) in [5, 5.41) is 4.79. The molecular weight excluding hydrogens is 387 g/mol. The fraction of sp³-hybridized carbons (Fsp3) is 0.167. The minimum atomic E-state index is -0.232. The van der Waals surface area contributed by atoms with Crippen LogP contribution < -0.4 is 10.1 Å². The summed E-state index contributed by atoms with van der Waals surface area (Å²) in [6, 6.07) is 22.8. The summed E-state index contributed by atoms with van der Waals surface area (Å²) in [7, 11) is 0. The van der Waals surface area contributed by atoms with E-state index >= 15 is 0 Å². The number of H-pyrrole nitrogens is 1. The molecule has 3 aromatic carbocycles. The zero-order chi connectivity index (χ0) is 19.2. The van der Waals surface area contributed by atoms with E-state index in [0.29, 0.717) is 6.61 Å². The van der Waals surface area contributed by atoms with E-state index in [1.807, 2.05) is 24.3 Å². The van der Waals surface area contributed by atoms with Crippen molar-refractivity contribution in [3.8, 4) is 5.75 Å². The lowest BCUT2D eigenvalue weighted by atomic mass is 10.1. The highest BCUT2D eigenvalue weighted by molar-refractivity contribution is 5.85. The largest absolute Gasteiger partial charge is 0.489 e. The van der Waals surface area contributed by atoms with Gasteiger partial charge in [-0.2, -0.15) is 0 Å². The van der Waals surface area contributed by atoms with Crippen LogP contribution in [-0.4, -0.2) is 11.5 Å². The molecule has 4 rings (SSSR count). The Labute approximate surface area is 176 Å². The van der Waals surface area contributed by atoms with Crippen LogP contribution in [0.15, 0.2) is 79.0 Å². The van der Waals surface area contributed by atoms with Crippen molar-refractivity contribution in [2.24, 2.45) is 0 Å². The van der Waals surface area contributed by atoms with Gasteiger partial charge in [0.05, 0.1) is 0 Å². The normalized spacial score (nSPS) is 10.7. The summed E-state index contributed by atoms with van der Waals surface area (Å²) < 4.78 is 18.8. The van der Waals surface area contributed by atoms with Crippen molar-refractivity contribution < 1.29 is 9.13 Å². The predicted octanol–water partition coefficient (Wildman–Crippen LogP) is 5.64. The first-order valence-electron chi connectivity index (χ1n) is 9.50. The van der Waals surface area contributed by atoms with Crippen LogP contribution in [0.3, 0.4) is 0 Å². The Kier molecular flexibility index (Phi) is 7.28. The minimum Gasteiger partial charge on any atom is -0.489 e. The van der Waals surface area contributed by atoms with Crippen LogP contribution in [0.25, 0.3) is 10.9 Å². The standard InChI is InChI=1S/C24H23FN2O.ClH/c25-21-10-8-18(9-11-21)17-28-22-5-3-4-19(14-22)15-26-13-12-20-16-27-24-7-2-1-6-23(20)24;/h1-11,14,16,26-27H,12-13,15,17H2;1H. The second-order valence-corrected chi connectivity index (χ2v) is 6.85. The average molecular weight is 411 g/mol. The maximum Gasteiger partial charge on any atom is 0.123 e. The van der Waals surface area contributed by atoms with Crippen molar-refractivity contribution in [3.05, 3.63) is 102 Å². The quantitative estimate of drug-likeness (QED) is 0.369. The van der Waals surface area contributed by atoms with Crippen molar-refractivity contribution >= 4 is 23.3 Å². The monoisotopic (exact) mass is 410 g/mol. The first-order valence-corrected chi connectivity index (χ1v) is 9.50. The van der Waals surface area contributed by atoms with Crippen LogP contribution in [0.1, 0.15) is 16.7 Å². The number of aromatic amines is 1. The molecule has 150 valence electrons. The van der Waals surface area contributed by atoms with Crippen LogP contribution in [-0.2, 0) is 19.6 Å². The molecule has 1 heterocycles. The first-order chi connectivity index (χ1) is 13.8. The van der Waals surface area contributed by atoms with E-state index in [1.54, 1.807) is 12.1 Å². The van der Waals surface area contributed by atoms with Crippen molar-refractivity contribution in [2.45, 2.75) is 19.6 Å². The molecule has 0 saturated carbocycles. The number of aromatic nitrogens is 1. The highest BCUT2D eigenvalue weighted by Crippen LogP contribution is 2.18. The van der Waals surface area contributed by atoms with E-state index < -0.39 is 0 Å². The molecule has 0 radical (unpaired) electrons. The van der Waals surface area contributed by atoms with E-state index in [2.05, 4.69) is 40.8 Å². The number of benzene rings is 3. The molecule has 0 saturated heterocycles. The predicted molar refractivity (Wildman–Crippen MR) is 118 cm³/mol. The Morgan fingerprint density at radius 2 is 1.72 bits per heavy atom. The number of rotatable bonds is 8. The van der Waals surface area contributed by atoms with Gasteiger partial charge in [0, 0.05) is 23.6 Å². The molecule has 2 N–H and O–H groups in total. The summed E-state index contributed by atoms with van der Waals surface area (Å²) in [5.41, 5.74) is 4.64. The number of para-hydroxylation sites is 1. The maximum absolute atomic E-state index is 13.0. The SMILES string of the molecule is Cl.Fc1ccc(COc2cccc(CNCCc3c[nH]c4ccccc34)c2)cc1. The summed E-state index contributed by atoms with van der Waals surface area (Å²) in [4.78, 5) is 3.32. The number of fused-ring (bicyclic) bond motifs is 1. The molecule has 3 nitrogen and oxygen atoms in total. The van der Waals surface area contributed by atoms with Gasteiger partial charge in [0.2, 0.25) is 0 Å². The highest BCUT2D eigenvalue weighted by Gasteiger charge is 2.03. The smallest absolute Gasteiger partial charge is 0.123 e. The number of hydrogen-bond donors (Lipinski definition) is 2. The molecule has 0 amide bonds. The van der Waals surface area contributed by atoms with Gasteiger partial charge in [-0.15, -0.1) is 12.4 Å². The molecule has 4 aromatic rings. The van der Waals surface area contributed by atoms with Crippen LogP contribution >= 0.6 is 12.4 Å². The number of halogens is 2. The molecule has 0 aliphatic carbocycles. The van der Waals surface area contributed by atoms with Gasteiger partial charge in [0.15, 0.2) is 0 Å². The Bertz CT molecular complexity index is 1050. The number of ether oxygens (including phenoxy) is 1. The zero-order valence-corrected chi connectivity index (χ0v) is 16.8. The van der Waals surface area contributed by atoms with Crippen LogP contribution in [0, 0.1) is 5.82 Å². The van der Waals surface area contributed by atoms with Crippen LogP contribution in [0.4, 0.5) is 4.39 Å². The van der Waals surface area contributed by atoms with E-state index in [1.165, 1.54) is 34.2 Å². The average Bonchev–Trinajstić information content (AvgIpc) is 3.14. The Morgan fingerprint density at radius 1 is 0.897 bits per heavy atom. The molecule has 0 aliphatic heterocycles. The maximum atomic E-state index is 13.0. The van der Waals surface area contributed by atoms with Gasteiger partial charge in [-0.25, -0.2) is 4.39 Å². The molecule has 29 heavy (non-hydrogen) atoms. The molecule has 1 aromatic heterocycles. The second kappa shape index (κ2) is 10.1. The van der Waals surface area contributed by atoms with Gasteiger partial charge in [-0.3, -0.25) is 0 Å². The Hall–Kier alpha value is -2.82. The first kappa shape index (κ1) is 20.9. The summed E-state index contributed by atoms with van der Waals surface area (Å²) in [5.74, 6) is 0.588. The van der Waals surface area contributed by atoms with Crippen molar-refractivity contribution in [1.82, 2.24) is 10.3 Å². The minimum absolute atomic E-state index is 0. The highest BCUT2D eigenvalue weighted by atomic mass is 35.5. The van der Waals surface area contributed by atoms with Gasteiger partial charge in [-0.05, 0) is 60.0 Å². The van der Waals surface area contributed by atoms with Gasteiger partial charge in [0.25, 0.3) is 0 Å². The fourth-order valence-electron chi connectivity index (χ4n) is 3.29. The molecule has 0 unspecified atom stereocenters. The van der Waals surface area contributed by atoms with Crippen molar-refractivity contribution in [1.29, 1.82) is 0 Å². The summed E-state index contributed by atoms with van der Waals surface area (Å²) in [6.45, 7) is 2.12. The molecular formula is C24H24ClFN2O. The van der Waals surface area contributed by atoms with Gasteiger partial charge < -0.3 is 15.0 Å². The lowest BCUT2D eigenvalue weighted by Gasteiger charge is -2.09. The van der Waals surface area contributed by atoms with Gasteiger partial charge >= 0.3 is 0 Å². The van der Waals surface area contributed by atoms with Crippen molar-refractivity contribution in [2.75, 3.05) is 6.54 Å². The van der Waals surface area contributed by atoms with Gasteiger partial charge in [-0.1, -0.05) is 42.5 Å². The lowest BCUT2D eigenvalue weighted by molar-refractivity contribution is 0.305. The van der Waals surface area contributed by atoms with Gasteiger partial charge in [0.1, 0.15) is 18.2 Å². The third-order valence-electron chi connectivity index (χ3n) is 4.79. The summed E-state index contributed by atoms with van der Waals surface area (Å²) >= 11 is 0. The molecule has 0 bridgehead atoms. The topological polar surface area (TPSA) is 37.0 Å². The van der Waals surface area contributed by atoms with E-state index in [0.717, 1.165) is 30.8 Å². The number of hydrogen-bond acceptors (Lipinski definition) is 2. The molecule has 5 heteroatoms. The summed E-state index contributed by atoms with van der Waals surface area (Å²) in [6.07, 6.45) is 3.07. The lowest BCUT2D eigenvalue weighted by Crippen LogP contribution is -2.16. The molecule has 0 aliphatic rings. The third-order valence-corrected chi connectivity index (χ3v) is 4.79. The molecule has 0 spiro atoms. The Morgan fingerprint density at radius 3 is 2.59 bits per heavy atom. The second-order valence-electron chi connectivity index (χ2n) is 6.85. The molecule has 0 atom stereocenters.